The van der Waals surface area contributed by atoms with E-state index in [4.69, 9.17) is 0 Å². The highest BCUT2D eigenvalue weighted by Gasteiger charge is 2.33. The van der Waals surface area contributed by atoms with Crippen LogP contribution in [0.3, 0.4) is 0 Å². The number of allylic oxidation sites excluding steroid dienone is 1. The molecule has 0 saturated carbocycles. The molecule has 0 spiro atoms. The lowest BCUT2D eigenvalue weighted by molar-refractivity contribution is -0.384. The molecule has 164 valence electrons. The van der Waals surface area contributed by atoms with Crippen molar-refractivity contribution in [2.45, 2.75) is 25.3 Å². The van der Waals surface area contributed by atoms with Crippen LogP contribution in [0.15, 0.2) is 84.1 Å². The molecule has 7 heteroatoms. The third-order valence-electron chi connectivity index (χ3n) is 6.06. The van der Waals surface area contributed by atoms with E-state index < -0.39 is 11.0 Å². The Morgan fingerprint density at radius 3 is 2.52 bits per heavy atom. The first kappa shape index (κ1) is 20.6. The number of carbonyl (C=O) groups excluding carboxylic acids is 2. The van der Waals surface area contributed by atoms with E-state index >= 15 is 0 Å². The maximum Gasteiger partial charge on any atom is 0.269 e. The zero-order chi connectivity index (χ0) is 22.9. The number of anilines is 2. The van der Waals surface area contributed by atoms with Crippen molar-refractivity contribution in [3.8, 4) is 0 Å². The maximum absolute atomic E-state index is 13.0. The van der Waals surface area contributed by atoms with Crippen LogP contribution < -0.4 is 10.6 Å². The average Bonchev–Trinajstić information content (AvgIpc) is 3.01. The van der Waals surface area contributed by atoms with Crippen molar-refractivity contribution in [1.29, 1.82) is 0 Å². The lowest BCUT2D eigenvalue weighted by atomic mass is 9.86. The largest absolute Gasteiger partial charge is 0.372 e. The Bertz CT molecular complexity index is 1310. The monoisotopic (exact) mass is 439 g/mol. The highest BCUT2D eigenvalue weighted by atomic mass is 16.6. The van der Waals surface area contributed by atoms with Crippen molar-refractivity contribution in [1.82, 2.24) is 0 Å². The van der Waals surface area contributed by atoms with Gasteiger partial charge in [0.05, 0.1) is 22.3 Å². The number of hydrogen-bond acceptors (Lipinski definition) is 6. The van der Waals surface area contributed by atoms with Crippen LogP contribution in [0.2, 0.25) is 0 Å². The molecule has 33 heavy (non-hydrogen) atoms. The molecule has 1 aliphatic carbocycles. The van der Waals surface area contributed by atoms with Crippen LogP contribution in [0, 0.1) is 10.1 Å². The Morgan fingerprint density at radius 2 is 1.73 bits per heavy atom. The van der Waals surface area contributed by atoms with Gasteiger partial charge in [0, 0.05) is 41.0 Å². The number of nitro benzene ring substituents is 1. The number of Topliss-reactive ketones (excluding diaryl/α,β-unsaturated/α-hetero) is 1. The Kier molecular flexibility index (Phi) is 5.22. The first-order valence-corrected chi connectivity index (χ1v) is 10.8. The van der Waals surface area contributed by atoms with Crippen molar-refractivity contribution in [3.63, 3.8) is 0 Å². The number of nitrogens with zero attached hydrogens (tertiary/aromatic N) is 1. The summed E-state index contributed by atoms with van der Waals surface area (Å²) in [6.45, 7) is 0. The minimum atomic E-state index is -0.530. The topological polar surface area (TPSA) is 101 Å². The lowest BCUT2D eigenvalue weighted by Crippen LogP contribution is -2.23. The maximum atomic E-state index is 13.0. The van der Waals surface area contributed by atoms with E-state index in [9.17, 15) is 19.7 Å². The highest BCUT2D eigenvalue weighted by Crippen LogP contribution is 2.41. The van der Waals surface area contributed by atoms with E-state index in [0.29, 0.717) is 40.8 Å². The second kappa shape index (κ2) is 8.35. The lowest BCUT2D eigenvalue weighted by Gasteiger charge is -2.25. The van der Waals surface area contributed by atoms with Gasteiger partial charge >= 0.3 is 0 Å². The molecule has 3 aromatic rings. The highest BCUT2D eigenvalue weighted by molar-refractivity contribution is 6.10. The van der Waals surface area contributed by atoms with Gasteiger partial charge in [-0.2, -0.15) is 0 Å². The molecule has 0 amide bonds. The van der Waals surface area contributed by atoms with Crippen LogP contribution in [0.5, 0.6) is 0 Å². The van der Waals surface area contributed by atoms with Crippen molar-refractivity contribution in [2.75, 3.05) is 10.6 Å². The normalized spacial score (nSPS) is 17.2. The standard InChI is InChI=1S/C26H21N3O4/c30-23-11-5-10-21-24(23)25(17-8-4-9-19(14-17)29(32)33)28-20-13-12-18(15-22(20)27-21)26(31)16-6-2-1-3-7-16/h1-4,6-9,12-15,25,27-28H,5,10-11H2. The van der Waals surface area contributed by atoms with Crippen LogP contribution in [0.1, 0.15) is 46.8 Å². The first-order chi connectivity index (χ1) is 16.0. The summed E-state index contributed by atoms with van der Waals surface area (Å²) in [5.41, 5.74) is 4.55. The molecule has 0 bridgehead atoms. The van der Waals surface area contributed by atoms with E-state index in [-0.39, 0.29) is 17.3 Å². The minimum absolute atomic E-state index is 0.0150. The van der Waals surface area contributed by atoms with Gasteiger partial charge in [0.25, 0.3) is 5.69 Å². The molecular formula is C26H21N3O4. The van der Waals surface area contributed by atoms with E-state index in [0.717, 1.165) is 17.8 Å². The van der Waals surface area contributed by atoms with Gasteiger partial charge in [-0.3, -0.25) is 19.7 Å². The second-order valence-electron chi connectivity index (χ2n) is 8.18. The fourth-order valence-corrected chi connectivity index (χ4v) is 4.46. The van der Waals surface area contributed by atoms with Crippen molar-refractivity contribution in [2.24, 2.45) is 0 Å². The molecule has 0 saturated heterocycles. The van der Waals surface area contributed by atoms with E-state index in [1.165, 1.54) is 12.1 Å². The average molecular weight is 439 g/mol. The fraction of sp³-hybridized carbons (Fsp3) is 0.154. The molecular weight excluding hydrogens is 418 g/mol. The number of carbonyl (C=O) groups is 2. The van der Waals surface area contributed by atoms with Crippen LogP contribution in [-0.4, -0.2) is 16.5 Å². The second-order valence-corrected chi connectivity index (χ2v) is 8.18. The smallest absolute Gasteiger partial charge is 0.269 e. The summed E-state index contributed by atoms with van der Waals surface area (Å²) in [4.78, 5) is 36.8. The number of nitrogens with one attached hydrogen (secondary N) is 2. The molecule has 7 nitrogen and oxygen atoms in total. The predicted octanol–water partition coefficient (Wildman–Crippen LogP) is 5.41. The van der Waals surface area contributed by atoms with Crippen LogP contribution in [0.4, 0.5) is 17.1 Å². The number of hydrogen-bond donors (Lipinski definition) is 2. The molecule has 2 aliphatic rings. The molecule has 0 fully saturated rings. The molecule has 1 heterocycles. The molecule has 0 radical (unpaired) electrons. The predicted molar refractivity (Wildman–Crippen MR) is 125 cm³/mol. The number of ketones is 2. The van der Waals surface area contributed by atoms with Crippen molar-refractivity contribution < 1.29 is 14.5 Å². The summed E-state index contributed by atoms with van der Waals surface area (Å²) in [7, 11) is 0. The SMILES string of the molecule is O=C1CCCC2=C1C(c1cccc([N+](=O)[O-])c1)Nc1ccc(C(=O)c3ccccc3)cc1N2. The molecule has 1 unspecified atom stereocenters. The number of nitro groups is 1. The first-order valence-electron chi connectivity index (χ1n) is 10.8. The zero-order valence-corrected chi connectivity index (χ0v) is 17.7. The summed E-state index contributed by atoms with van der Waals surface area (Å²) in [6, 6.07) is 20.2. The summed E-state index contributed by atoms with van der Waals surface area (Å²) in [5.74, 6) is -0.0743. The van der Waals surface area contributed by atoms with E-state index in [2.05, 4.69) is 10.6 Å². The van der Waals surface area contributed by atoms with Crippen molar-refractivity contribution >= 4 is 28.6 Å². The van der Waals surface area contributed by atoms with E-state index in [1.807, 2.05) is 24.3 Å². The third-order valence-corrected chi connectivity index (χ3v) is 6.06. The summed E-state index contributed by atoms with van der Waals surface area (Å²) >= 11 is 0. The third kappa shape index (κ3) is 3.89. The Labute approximate surface area is 190 Å². The van der Waals surface area contributed by atoms with Gasteiger partial charge in [0.15, 0.2) is 11.6 Å². The Balaban J connectivity index is 1.59. The van der Waals surface area contributed by atoms with Crippen LogP contribution in [-0.2, 0) is 4.79 Å². The number of rotatable bonds is 4. The van der Waals surface area contributed by atoms with Gasteiger partial charge in [0.2, 0.25) is 0 Å². The van der Waals surface area contributed by atoms with Gasteiger partial charge < -0.3 is 10.6 Å². The van der Waals surface area contributed by atoms with Gasteiger partial charge in [-0.05, 0) is 36.6 Å². The molecule has 1 aliphatic heterocycles. The van der Waals surface area contributed by atoms with Gasteiger partial charge in [-0.25, -0.2) is 0 Å². The summed E-state index contributed by atoms with van der Waals surface area (Å²) < 4.78 is 0. The molecule has 0 aromatic heterocycles. The fourth-order valence-electron chi connectivity index (χ4n) is 4.46. The van der Waals surface area contributed by atoms with Crippen LogP contribution >= 0.6 is 0 Å². The Morgan fingerprint density at radius 1 is 0.909 bits per heavy atom. The quantitative estimate of drug-likeness (QED) is 0.320. The molecule has 5 rings (SSSR count). The summed E-state index contributed by atoms with van der Waals surface area (Å²) in [5, 5.41) is 18.1. The van der Waals surface area contributed by atoms with Crippen molar-refractivity contribution in [3.05, 3.63) is 111 Å². The Hall–Kier alpha value is -4.26. The van der Waals surface area contributed by atoms with Gasteiger partial charge in [-0.15, -0.1) is 0 Å². The summed E-state index contributed by atoms with van der Waals surface area (Å²) in [6.07, 6.45) is 1.84. The molecule has 2 N–H and O–H groups in total. The number of non-ortho nitro benzene ring substituents is 1. The van der Waals surface area contributed by atoms with E-state index in [1.54, 1.807) is 36.4 Å². The molecule has 1 atom stereocenters. The number of benzene rings is 3. The van der Waals surface area contributed by atoms with Gasteiger partial charge in [0.1, 0.15) is 0 Å². The van der Waals surface area contributed by atoms with Gasteiger partial charge in [-0.1, -0.05) is 42.5 Å². The minimum Gasteiger partial charge on any atom is -0.372 e. The molecule has 3 aromatic carbocycles. The zero-order valence-electron chi connectivity index (χ0n) is 17.7. The number of fused-ring (bicyclic) bond motifs is 1. The van der Waals surface area contributed by atoms with Crippen LogP contribution in [0.25, 0.3) is 0 Å².